The fourth-order valence-corrected chi connectivity index (χ4v) is 1.88. The lowest BCUT2D eigenvalue weighted by molar-refractivity contribution is -0.145. The average Bonchev–Trinajstić information content (AvgIpc) is 2.47. The van der Waals surface area contributed by atoms with Crippen molar-refractivity contribution >= 4 is 11.9 Å². The summed E-state index contributed by atoms with van der Waals surface area (Å²) in [7, 11) is 1.32. The van der Waals surface area contributed by atoms with E-state index < -0.39 is 12.0 Å². The second kappa shape index (κ2) is 8.32. The monoisotopic (exact) mass is 278 g/mol. The lowest BCUT2D eigenvalue weighted by atomic mass is 10.0. The van der Waals surface area contributed by atoms with Crippen molar-refractivity contribution in [2.45, 2.75) is 25.8 Å². The quantitative estimate of drug-likeness (QED) is 0.725. The largest absolute Gasteiger partial charge is 0.467 e. The molecule has 0 fully saturated rings. The van der Waals surface area contributed by atoms with Crippen molar-refractivity contribution in [3.8, 4) is 0 Å². The molecule has 20 heavy (non-hydrogen) atoms. The van der Waals surface area contributed by atoms with E-state index in [2.05, 4.69) is 5.32 Å². The Hall–Kier alpha value is -1.88. The molecule has 0 radical (unpaired) electrons. The zero-order chi connectivity index (χ0) is 15.0. The molecule has 0 aliphatic heterocycles. The minimum absolute atomic E-state index is 0.179. The summed E-state index contributed by atoms with van der Waals surface area (Å²) in [5, 5.41) is 2.73. The van der Waals surface area contributed by atoms with E-state index in [1.807, 2.05) is 30.3 Å². The molecule has 0 aliphatic carbocycles. The lowest BCUT2D eigenvalue weighted by Crippen LogP contribution is -2.45. The van der Waals surface area contributed by atoms with Gasteiger partial charge in [0, 0.05) is 12.3 Å². The van der Waals surface area contributed by atoms with Crippen LogP contribution in [0.15, 0.2) is 30.3 Å². The van der Waals surface area contributed by atoms with Crippen molar-refractivity contribution in [1.29, 1.82) is 0 Å². The third-order valence-electron chi connectivity index (χ3n) is 3.13. The molecule has 1 aromatic carbocycles. The smallest absolute Gasteiger partial charge is 0.328 e. The summed E-state index contributed by atoms with van der Waals surface area (Å²) in [5.41, 5.74) is 6.40. The van der Waals surface area contributed by atoms with Crippen LogP contribution in [0.4, 0.5) is 0 Å². The van der Waals surface area contributed by atoms with E-state index in [9.17, 15) is 9.59 Å². The molecule has 2 atom stereocenters. The summed E-state index contributed by atoms with van der Waals surface area (Å²) < 4.78 is 4.75. The van der Waals surface area contributed by atoms with Gasteiger partial charge in [-0.3, -0.25) is 4.79 Å². The molecule has 0 aliphatic rings. The zero-order valence-electron chi connectivity index (χ0n) is 12.0. The Morgan fingerprint density at radius 3 is 2.50 bits per heavy atom. The highest BCUT2D eigenvalue weighted by Gasteiger charge is 2.24. The van der Waals surface area contributed by atoms with Gasteiger partial charge in [0.25, 0.3) is 0 Å². The van der Waals surface area contributed by atoms with Crippen LogP contribution >= 0.6 is 0 Å². The molecule has 0 bridgehead atoms. The van der Waals surface area contributed by atoms with Crippen LogP contribution in [0.25, 0.3) is 0 Å². The second-order valence-electron chi connectivity index (χ2n) is 4.75. The Labute approximate surface area is 119 Å². The third-order valence-corrected chi connectivity index (χ3v) is 3.13. The Morgan fingerprint density at radius 1 is 1.30 bits per heavy atom. The van der Waals surface area contributed by atoms with Crippen molar-refractivity contribution in [2.75, 3.05) is 13.7 Å². The maximum absolute atomic E-state index is 12.0. The minimum Gasteiger partial charge on any atom is -0.467 e. The van der Waals surface area contributed by atoms with Gasteiger partial charge in [-0.25, -0.2) is 4.79 Å². The van der Waals surface area contributed by atoms with E-state index in [0.29, 0.717) is 19.4 Å². The molecule has 110 valence electrons. The Bertz CT molecular complexity index is 434. The van der Waals surface area contributed by atoms with E-state index in [-0.39, 0.29) is 11.8 Å². The predicted octanol–water partition coefficient (Wildman–Crippen LogP) is 0.872. The van der Waals surface area contributed by atoms with Gasteiger partial charge in [-0.1, -0.05) is 37.3 Å². The number of nitrogens with one attached hydrogen (secondary N) is 1. The normalized spacial score (nSPS) is 13.3. The number of amides is 1. The standard InChI is InChI=1S/C15H22N2O3/c1-11(8-9-16)14(18)17-13(15(19)20-2)10-12-6-4-3-5-7-12/h3-7,11,13H,8-10,16H2,1-2H3,(H,17,18). The molecule has 1 amide bonds. The highest BCUT2D eigenvalue weighted by Crippen LogP contribution is 2.07. The summed E-state index contributed by atoms with van der Waals surface area (Å²) >= 11 is 0. The van der Waals surface area contributed by atoms with Gasteiger partial charge in [-0.15, -0.1) is 0 Å². The molecule has 1 aromatic rings. The van der Waals surface area contributed by atoms with Crippen molar-refractivity contribution < 1.29 is 14.3 Å². The number of esters is 1. The molecule has 0 saturated heterocycles. The number of nitrogens with two attached hydrogens (primary N) is 1. The number of benzene rings is 1. The number of carbonyl (C=O) groups is 2. The van der Waals surface area contributed by atoms with Crippen LogP contribution in [0.1, 0.15) is 18.9 Å². The molecule has 5 nitrogen and oxygen atoms in total. The third kappa shape index (κ3) is 5.01. The first-order chi connectivity index (χ1) is 9.58. The number of rotatable bonds is 7. The zero-order valence-corrected chi connectivity index (χ0v) is 12.0. The number of hydrogen-bond donors (Lipinski definition) is 2. The van der Waals surface area contributed by atoms with E-state index >= 15 is 0 Å². The van der Waals surface area contributed by atoms with Crippen LogP contribution in [-0.4, -0.2) is 31.6 Å². The summed E-state index contributed by atoms with van der Waals surface area (Å²) in [6.45, 7) is 2.23. The molecular formula is C15H22N2O3. The first-order valence-corrected chi connectivity index (χ1v) is 6.70. The van der Waals surface area contributed by atoms with Gasteiger partial charge in [0.1, 0.15) is 6.04 Å². The van der Waals surface area contributed by atoms with Gasteiger partial charge in [0.05, 0.1) is 7.11 Å². The van der Waals surface area contributed by atoms with Crippen LogP contribution < -0.4 is 11.1 Å². The predicted molar refractivity (Wildman–Crippen MR) is 76.9 cm³/mol. The molecule has 0 saturated carbocycles. The summed E-state index contributed by atoms with van der Waals surface area (Å²) in [6.07, 6.45) is 1.000. The maximum atomic E-state index is 12.0. The maximum Gasteiger partial charge on any atom is 0.328 e. The summed E-state index contributed by atoms with van der Waals surface area (Å²) in [4.78, 5) is 23.8. The van der Waals surface area contributed by atoms with Crippen molar-refractivity contribution in [1.82, 2.24) is 5.32 Å². The first kappa shape index (κ1) is 16.2. The van der Waals surface area contributed by atoms with Crippen LogP contribution in [0, 0.1) is 5.92 Å². The van der Waals surface area contributed by atoms with Gasteiger partial charge < -0.3 is 15.8 Å². The number of carbonyl (C=O) groups excluding carboxylic acids is 2. The van der Waals surface area contributed by atoms with Gasteiger partial charge in [-0.2, -0.15) is 0 Å². The van der Waals surface area contributed by atoms with E-state index in [1.165, 1.54) is 7.11 Å². The highest BCUT2D eigenvalue weighted by atomic mass is 16.5. The van der Waals surface area contributed by atoms with E-state index in [1.54, 1.807) is 6.92 Å². The molecule has 5 heteroatoms. The van der Waals surface area contributed by atoms with Gasteiger partial charge >= 0.3 is 5.97 Å². The Balaban J connectivity index is 2.70. The van der Waals surface area contributed by atoms with Gasteiger partial charge in [0.2, 0.25) is 5.91 Å². The van der Waals surface area contributed by atoms with E-state index in [4.69, 9.17) is 10.5 Å². The molecule has 2 unspecified atom stereocenters. The molecular weight excluding hydrogens is 256 g/mol. The fourth-order valence-electron chi connectivity index (χ4n) is 1.88. The van der Waals surface area contributed by atoms with Crippen LogP contribution in [-0.2, 0) is 20.7 Å². The Kier molecular flexibility index (Phi) is 6.73. The lowest BCUT2D eigenvalue weighted by Gasteiger charge is -2.19. The van der Waals surface area contributed by atoms with Gasteiger partial charge in [0.15, 0.2) is 0 Å². The number of methoxy groups -OCH3 is 1. The Morgan fingerprint density at radius 2 is 1.95 bits per heavy atom. The van der Waals surface area contributed by atoms with Crippen LogP contribution in [0.5, 0.6) is 0 Å². The molecule has 0 spiro atoms. The second-order valence-corrected chi connectivity index (χ2v) is 4.75. The highest BCUT2D eigenvalue weighted by molar-refractivity contribution is 5.85. The fraction of sp³-hybridized carbons (Fsp3) is 0.467. The minimum atomic E-state index is -0.671. The molecule has 0 heterocycles. The molecule has 3 N–H and O–H groups in total. The summed E-state index contributed by atoms with van der Waals surface area (Å²) in [5.74, 6) is -0.841. The number of hydrogen-bond acceptors (Lipinski definition) is 4. The molecule has 1 rings (SSSR count). The topological polar surface area (TPSA) is 81.4 Å². The SMILES string of the molecule is COC(=O)C(Cc1ccccc1)NC(=O)C(C)CCN. The summed E-state index contributed by atoms with van der Waals surface area (Å²) in [6, 6.07) is 8.83. The van der Waals surface area contributed by atoms with Crippen LogP contribution in [0.3, 0.4) is 0 Å². The average molecular weight is 278 g/mol. The van der Waals surface area contributed by atoms with Gasteiger partial charge in [-0.05, 0) is 18.5 Å². The molecule has 0 aromatic heterocycles. The van der Waals surface area contributed by atoms with Crippen LogP contribution in [0.2, 0.25) is 0 Å². The van der Waals surface area contributed by atoms with Crippen molar-refractivity contribution in [3.63, 3.8) is 0 Å². The van der Waals surface area contributed by atoms with E-state index in [0.717, 1.165) is 5.56 Å². The van der Waals surface area contributed by atoms with Crippen molar-refractivity contribution in [3.05, 3.63) is 35.9 Å². The number of ether oxygens (including phenoxy) is 1. The first-order valence-electron chi connectivity index (χ1n) is 6.70. The van der Waals surface area contributed by atoms with Crippen molar-refractivity contribution in [2.24, 2.45) is 11.7 Å².